The lowest BCUT2D eigenvalue weighted by atomic mass is 10.1. The average molecular weight is 357 g/mol. The Bertz CT molecular complexity index is 1080. The topological polar surface area (TPSA) is 30.2 Å². The Kier molecular flexibility index (Phi) is 3.72. The molecule has 0 spiro atoms. The van der Waals surface area contributed by atoms with E-state index in [9.17, 15) is 17.6 Å². The molecule has 0 aliphatic carbocycles. The minimum absolute atomic E-state index is 0.355. The van der Waals surface area contributed by atoms with Gasteiger partial charge in [-0.25, -0.2) is 13.9 Å². The lowest BCUT2D eigenvalue weighted by Gasteiger charge is -2.09. The van der Waals surface area contributed by atoms with Gasteiger partial charge in [-0.2, -0.15) is 18.3 Å². The predicted octanol–water partition coefficient (Wildman–Crippen LogP) is 5.22. The van der Waals surface area contributed by atoms with Crippen molar-refractivity contribution in [3.63, 3.8) is 0 Å². The highest BCUT2D eigenvalue weighted by molar-refractivity contribution is 5.78. The number of hydrogen-bond acceptors (Lipinski definition) is 2. The van der Waals surface area contributed by atoms with E-state index in [0.717, 1.165) is 17.7 Å². The van der Waals surface area contributed by atoms with Crippen LogP contribution >= 0.6 is 0 Å². The molecule has 130 valence electrons. The molecular formula is C19H11F4N3. The summed E-state index contributed by atoms with van der Waals surface area (Å²) in [5.41, 5.74) is 1.88. The van der Waals surface area contributed by atoms with Crippen molar-refractivity contribution in [3.05, 3.63) is 78.4 Å². The number of nitrogens with zero attached hydrogens (tertiary/aromatic N) is 3. The Morgan fingerprint density at radius 2 is 1.65 bits per heavy atom. The van der Waals surface area contributed by atoms with Crippen LogP contribution in [-0.4, -0.2) is 14.6 Å². The summed E-state index contributed by atoms with van der Waals surface area (Å²) in [5.74, 6) is -0.358. The van der Waals surface area contributed by atoms with Gasteiger partial charge in [0.1, 0.15) is 5.82 Å². The van der Waals surface area contributed by atoms with Gasteiger partial charge in [0.2, 0.25) is 0 Å². The molecule has 26 heavy (non-hydrogen) atoms. The van der Waals surface area contributed by atoms with Gasteiger partial charge in [-0.05, 0) is 35.9 Å². The molecule has 2 heterocycles. The largest absolute Gasteiger partial charge is 0.416 e. The Labute approximate surface area is 145 Å². The van der Waals surface area contributed by atoms with Crippen LogP contribution in [-0.2, 0) is 6.18 Å². The third-order valence-corrected chi connectivity index (χ3v) is 4.01. The van der Waals surface area contributed by atoms with Gasteiger partial charge in [0.25, 0.3) is 0 Å². The highest BCUT2D eigenvalue weighted by Gasteiger charge is 2.30. The SMILES string of the molecule is Fc1ccc(-c2cnn3ccc(-c4cccc(C(F)(F)F)c4)nc23)cc1. The summed E-state index contributed by atoms with van der Waals surface area (Å²) >= 11 is 0. The molecule has 3 nitrogen and oxygen atoms in total. The van der Waals surface area contributed by atoms with Crippen LogP contribution in [0, 0.1) is 5.82 Å². The lowest BCUT2D eigenvalue weighted by Crippen LogP contribution is -2.04. The second kappa shape index (κ2) is 5.94. The maximum atomic E-state index is 13.1. The first-order valence-electron chi connectivity index (χ1n) is 7.70. The van der Waals surface area contributed by atoms with Crippen LogP contribution in [0.4, 0.5) is 17.6 Å². The van der Waals surface area contributed by atoms with Gasteiger partial charge >= 0.3 is 6.18 Å². The number of halogens is 4. The van der Waals surface area contributed by atoms with Crippen LogP contribution in [0.3, 0.4) is 0 Å². The first-order chi connectivity index (χ1) is 12.4. The Morgan fingerprint density at radius 1 is 0.885 bits per heavy atom. The number of fused-ring (bicyclic) bond motifs is 1. The first kappa shape index (κ1) is 16.3. The Balaban J connectivity index is 1.83. The van der Waals surface area contributed by atoms with Crippen molar-refractivity contribution in [2.45, 2.75) is 6.18 Å². The molecule has 0 amide bonds. The molecule has 0 saturated carbocycles. The van der Waals surface area contributed by atoms with Crippen molar-refractivity contribution in [3.8, 4) is 22.4 Å². The van der Waals surface area contributed by atoms with Crippen molar-refractivity contribution in [1.82, 2.24) is 14.6 Å². The molecule has 0 N–H and O–H groups in total. The minimum Gasteiger partial charge on any atom is -0.228 e. The summed E-state index contributed by atoms with van der Waals surface area (Å²) in [4.78, 5) is 4.47. The number of hydrogen-bond donors (Lipinski definition) is 0. The van der Waals surface area contributed by atoms with Crippen molar-refractivity contribution in [2.24, 2.45) is 0 Å². The molecule has 0 saturated heterocycles. The fourth-order valence-corrected chi connectivity index (χ4v) is 2.72. The Morgan fingerprint density at radius 3 is 2.38 bits per heavy atom. The second-order valence-electron chi connectivity index (χ2n) is 5.72. The third-order valence-electron chi connectivity index (χ3n) is 4.01. The van der Waals surface area contributed by atoms with E-state index in [1.165, 1.54) is 22.7 Å². The van der Waals surface area contributed by atoms with E-state index in [4.69, 9.17) is 0 Å². The summed E-state index contributed by atoms with van der Waals surface area (Å²) in [7, 11) is 0. The van der Waals surface area contributed by atoms with Gasteiger partial charge in [-0.3, -0.25) is 0 Å². The van der Waals surface area contributed by atoms with Crippen LogP contribution < -0.4 is 0 Å². The van der Waals surface area contributed by atoms with E-state index in [-0.39, 0.29) is 5.82 Å². The molecule has 2 aromatic heterocycles. The van der Waals surface area contributed by atoms with E-state index >= 15 is 0 Å². The first-order valence-corrected chi connectivity index (χ1v) is 7.70. The van der Waals surface area contributed by atoms with Gasteiger partial charge in [-0.15, -0.1) is 0 Å². The smallest absolute Gasteiger partial charge is 0.228 e. The van der Waals surface area contributed by atoms with Crippen LogP contribution in [0.25, 0.3) is 28.0 Å². The molecule has 4 rings (SSSR count). The van der Waals surface area contributed by atoms with Crippen LogP contribution in [0.5, 0.6) is 0 Å². The maximum Gasteiger partial charge on any atom is 0.416 e. The van der Waals surface area contributed by atoms with Crippen LogP contribution in [0.15, 0.2) is 67.0 Å². The summed E-state index contributed by atoms with van der Waals surface area (Å²) < 4.78 is 53.5. The third kappa shape index (κ3) is 2.92. The van der Waals surface area contributed by atoms with Crippen LogP contribution in [0.2, 0.25) is 0 Å². The molecular weight excluding hydrogens is 346 g/mol. The summed E-state index contributed by atoms with van der Waals surface area (Å²) in [6.45, 7) is 0. The number of benzene rings is 2. The molecule has 0 unspecified atom stereocenters. The highest BCUT2D eigenvalue weighted by atomic mass is 19.4. The zero-order valence-corrected chi connectivity index (χ0v) is 13.2. The molecule has 0 fully saturated rings. The van der Waals surface area contributed by atoms with E-state index in [0.29, 0.717) is 22.5 Å². The fraction of sp³-hybridized carbons (Fsp3) is 0.0526. The maximum absolute atomic E-state index is 13.1. The molecule has 0 aliphatic heterocycles. The molecule has 0 bridgehead atoms. The fourth-order valence-electron chi connectivity index (χ4n) is 2.72. The van der Waals surface area contributed by atoms with Gasteiger partial charge in [0.15, 0.2) is 5.65 Å². The predicted molar refractivity (Wildman–Crippen MR) is 88.8 cm³/mol. The van der Waals surface area contributed by atoms with Gasteiger partial charge < -0.3 is 0 Å². The number of aromatic nitrogens is 3. The van der Waals surface area contributed by atoms with E-state index in [1.807, 2.05) is 0 Å². The standard InChI is InChI=1S/C19H11F4N3/c20-15-6-4-12(5-7-15)16-11-24-26-9-8-17(25-18(16)26)13-2-1-3-14(10-13)19(21,22)23/h1-11H. The second-order valence-corrected chi connectivity index (χ2v) is 5.72. The van der Waals surface area contributed by atoms with E-state index in [2.05, 4.69) is 10.1 Å². The summed E-state index contributed by atoms with van der Waals surface area (Å²) in [6, 6.07) is 12.5. The normalized spacial score (nSPS) is 11.8. The summed E-state index contributed by atoms with van der Waals surface area (Å²) in [6.07, 6.45) is -1.20. The molecule has 2 aromatic carbocycles. The summed E-state index contributed by atoms with van der Waals surface area (Å²) in [5, 5.41) is 4.19. The molecule has 4 aromatic rings. The van der Waals surface area contributed by atoms with Crippen LogP contribution in [0.1, 0.15) is 5.56 Å². The van der Waals surface area contributed by atoms with Gasteiger partial charge in [-0.1, -0.05) is 24.3 Å². The monoisotopic (exact) mass is 357 g/mol. The average Bonchev–Trinajstić information content (AvgIpc) is 3.05. The quantitative estimate of drug-likeness (QED) is 0.460. The number of alkyl halides is 3. The van der Waals surface area contributed by atoms with Gasteiger partial charge in [0.05, 0.1) is 17.5 Å². The minimum atomic E-state index is -4.42. The zero-order valence-electron chi connectivity index (χ0n) is 13.2. The van der Waals surface area contributed by atoms with E-state index < -0.39 is 11.7 Å². The highest BCUT2D eigenvalue weighted by Crippen LogP contribution is 2.32. The van der Waals surface area contributed by atoms with Gasteiger partial charge in [0, 0.05) is 17.3 Å². The lowest BCUT2D eigenvalue weighted by molar-refractivity contribution is -0.137. The van der Waals surface area contributed by atoms with Crippen molar-refractivity contribution >= 4 is 5.65 Å². The molecule has 0 aliphatic rings. The van der Waals surface area contributed by atoms with Crippen molar-refractivity contribution < 1.29 is 17.6 Å². The van der Waals surface area contributed by atoms with E-state index in [1.54, 1.807) is 36.7 Å². The molecule has 7 heteroatoms. The van der Waals surface area contributed by atoms with Crippen molar-refractivity contribution in [2.75, 3.05) is 0 Å². The molecule has 0 radical (unpaired) electrons. The molecule has 0 atom stereocenters. The zero-order chi connectivity index (χ0) is 18.3. The number of rotatable bonds is 2. The van der Waals surface area contributed by atoms with Crippen molar-refractivity contribution in [1.29, 1.82) is 0 Å². The Hall–Kier alpha value is -3.22.